The van der Waals surface area contributed by atoms with E-state index in [4.69, 9.17) is 9.15 Å². The molecule has 1 aliphatic rings. The summed E-state index contributed by atoms with van der Waals surface area (Å²) in [4.78, 5) is 15.7. The van der Waals surface area contributed by atoms with Gasteiger partial charge < -0.3 is 14.5 Å². The number of hydrogen-bond donors (Lipinski definition) is 1. The smallest absolute Gasteiger partial charge is 0.308 e. The Morgan fingerprint density at radius 1 is 1.23 bits per heavy atom. The van der Waals surface area contributed by atoms with Crippen LogP contribution in [0, 0.1) is 5.92 Å². The van der Waals surface area contributed by atoms with Crippen LogP contribution in [0.3, 0.4) is 0 Å². The van der Waals surface area contributed by atoms with Crippen molar-refractivity contribution in [3.05, 3.63) is 36.7 Å². The van der Waals surface area contributed by atoms with Crippen molar-refractivity contribution in [1.29, 1.82) is 0 Å². The summed E-state index contributed by atoms with van der Waals surface area (Å²) in [6.45, 7) is 0. The highest BCUT2D eigenvalue weighted by Gasteiger charge is 2.26. The lowest BCUT2D eigenvalue weighted by atomic mass is 9.86. The summed E-state index contributed by atoms with van der Waals surface area (Å²) >= 11 is 0. The predicted molar refractivity (Wildman–Crippen MR) is 83.3 cm³/mol. The zero-order valence-electron chi connectivity index (χ0n) is 12.6. The van der Waals surface area contributed by atoms with E-state index in [1.807, 2.05) is 24.3 Å². The molecule has 1 aromatic heterocycles. The normalized spacial score (nSPS) is 21.3. The molecule has 5 heteroatoms. The van der Waals surface area contributed by atoms with Crippen molar-refractivity contribution in [2.75, 3.05) is 12.4 Å². The first-order valence-corrected chi connectivity index (χ1v) is 7.60. The van der Waals surface area contributed by atoms with Crippen molar-refractivity contribution in [1.82, 2.24) is 4.98 Å². The minimum Gasteiger partial charge on any atom is -0.469 e. The lowest BCUT2D eigenvalue weighted by Crippen LogP contribution is -2.29. The molecule has 116 valence electrons. The van der Waals surface area contributed by atoms with E-state index in [1.54, 1.807) is 12.5 Å². The van der Waals surface area contributed by atoms with Crippen LogP contribution in [0.4, 0.5) is 5.69 Å². The molecule has 0 spiro atoms. The van der Waals surface area contributed by atoms with Gasteiger partial charge in [-0.25, -0.2) is 4.98 Å². The lowest BCUT2D eigenvalue weighted by Gasteiger charge is -2.28. The SMILES string of the molecule is COC(=O)[C@H]1CC[C@H](Nc2ccc(-c3ncco3)cc2)CC1. The van der Waals surface area contributed by atoms with E-state index < -0.39 is 0 Å². The maximum Gasteiger partial charge on any atom is 0.308 e. The van der Waals surface area contributed by atoms with E-state index in [0.29, 0.717) is 11.9 Å². The molecule has 0 amide bonds. The van der Waals surface area contributed by atoms with Crippen LogP contribution >= 0.6 is 0 Å². The molecule has 0 atom stereocenters. The molecule has 22 heavy (non-hydrogen) atoms. The molecule has 0 bridgehead atoms. The molecule has 3 rings (SSSR count). The van der Waals surface area contributed by atoms with Gasteiger partial charge in [-0.15, -0.1) is 0 Å². The van der Waals surface area contributed by atoms with Gasteiger partial charge in [-0.3, -0.25) is 4.79 Å². The average Bonchev–Trinajstić information content (AvgIpc) is 3.10. The Kier molecular flexibility index (Phi) is 4.42. The van der Waals surface area contributed by atoms with Gasteiger partial charge in [-0.1, -0.05) is 0 Å². The third-order valence-electron chi connectivity index (χ3n) is 4.20. The number of ether oxygens (including phenoxy) is 1. The van der Waals surface area contributed by atoms with E-state index in [0.717, 1.165) is 36.9 Å². The number of methoxy groups -OCH3 is 1. The molecule has 5 nitrogen and oxygen atoms in total. The van der Waals surface area contributed by atoms with Gasteiger partial charge in [0, 0.05) is 17.3 Å². The quantitative estimate of drug-likeness (QED) is 0.876. The number of anilines is 1. The van der Waals surface area contributed by atoms with Crippen LogP contribution in [0.2, 0.25) is 0 Å². The van der Waals surface area contributed by atoms with Gasteiger partial charge in [0.1, 0.15) is 6.26 Å². The van der Waals surface area contributed by atoms with Crippen molar-refractivity contribution >= 4 is 11.7 Å². The predicted octanol–water partition coefficient (Wildman–Crippen LogP) is 3.49. The monoisotopic (exact) mass is 300 g/mol. The summed E-state index contributed by atoms with van der Waals surface area (Å²) in [5, 5.41) is 3.53. The summed E-state index contributed by atoms with van der Waals surface area (Å²) in [5.74, 6) is 0.620. The summed E-state index contributed by atoms with van der Waals surface area (Å²) in [5.41, 5.74) is 2.04. The number of esters is 1. The highest BCUT2D eigenvalue weighted by atomic mass is 16.5. The first kappa shape index (κ1) is 14.6. The summed E-state index contributed by atoms with van der Waals surface area (Å²) in [7, 11) is 1.46. The average molecular weight is 300 g/mol. The van der Waals surface area contributed by atoms with Crippen LogP contribution in [-0.4, -0.2) is 24.1 Å². The maximum absolute atomic E-state index is 11.5. The second kappa shape index (κ2) is 6.64. The van der Waals surface area contributed by atoms with Gasteiger partial charge in [0.05, 0.1) is 19.2 Å². The third kappa shape index (κ3) is 3.30. The summed E-state index contributed by atoms with van der Waals surface area (Å²) in [6.07, 6.45) is 6.96. The molecule has 0 radical (unpaired) electrons. The zero-order valence-corrected chi connectivity index (χ0v) is 12.6. The topological polar surface area (TPSA) is 64.4 Å². The summed E-state index contributed by atoms with van der Waals surface area (Å²) in [6, 6.07) is 8.47. The third-order valence-corrected chi connectivity index (χ3v) is 4.20. The van der Waals surface area contributed by atoms with Crippen LogP contribution in [-0.2, 0) is 9.53 Å². The highest BCUT2D eigenvalue weighted by Crippen LogP contribution is 2.28. The van der Waals surface area contributed by atoms with Crippen molar-refractivity contribution in [2.24, 2.45) is 5.92 Å². The number of oxazole rings is 1. The Morgan fingerprint density at radius 2 is 1.95 bits per heavy atom. The van der Waals surface area contributed by atoms with Crippen LogP contribution in [0.5, 0.6) is 0 Å². The molecule has 2 aromatic rings. The van der Waals surface area contributed by atoms with Crippen LogP contribution in [0.25, 0.3) is 11.5 Å². The number of nitrogens with one attached hydrogen (secondary N) is 1. The van der Waals surface area contributed by atoms with E-state index in [1.165, 1.54) is 7.11 Å². The fraction of sp³-hybridized carbons (Fsp3) is 0.412. The largest absolute Gasteiger partial charge is 0.469 e. The number of hydrogen-bond acceptors (Lipinski definition) is 5. The molecule has 1 fully saturated rings. The standard InChI is InChI=1S/C17H20N2O3/c1-21-17(20)13-4-8-15(9-5-13)19-14-6-2-12(3-7-14)16-18-10-11-22-16/h2-3,6-7,10-11,13,15,19H,4-5,8-9H2,1H3/t13-,15-. The Balaban J connectivity index is 1.55. The molecule has 1 N–H and O–H groups in total. The minimum absolute atomic E-state index is 0.0652. The fourth-order valence-electron chi connectivity index (χ4n) is 2.95. The van der Waals surface area contributed by atoms with Crippen molar-refractivity contribution in [2.45, 2.75) is 31.7 Å². The molecule has 0 unspecified atom stereocenters. The first-order chi connectivity index (χ1) is 10.8. The Morgan fingerprint density at radius 3 is 2.55 bits per heavy atom. The second-order valence-corrected chi connectivity index (χ2v) is 5.63. The van der Waals surface area contributed by atoms with E-state index in [2.05, 4.69) is 10.3 Å². The Labute approximate surface area is 129 Å². The van der Waals surface area contributed by atoms with Gasteiger partial charge in [0.2, 0.25) is 5.89 Å². The van der Waals surface area contributed by atoms with Gasteiger partial charge in [0.15, 0.2) is 0 Å². The van der Waals surface area contributed by atoms with E-state index in [-0.39, 0.29) is 11.9 Å². The number of aromatic nitrogens is 1. The molecule has 1 aromatic carbocycles. The van der Waals surface area contributed by atoms with Gasteiger partial charge in [-0.05, 0) is 49.9 Å². The molecular weight excluding hydrogens is 280 g/mol. The van der Waals surface area contributed by atoms with E-state index in [9.17, 15) is 4.79 Å². The van der Waals surface area contributed by atoms with Crippen LogP contribution in [0.15, 0.2) is 41.1 Å². The number of benzene rings is 1. The lowest BCUT2D eigenvalue weighted by molar-refractivity contribution is -0.146. The van der Waals surface area contributed by atoms with E-state index >= 15 is 0 Å². The molecule has 1 heterocycles. The van der Waals surface area contributed by atoms with Gasteiger partial charge >= 0.3 is 5.97 Å². The van der Waals surface area contributed by atoms with Crippen LogP contribution in [0.1, 0.15) is 25.7 Å². The van der Waals surface area contributed by atoms with Gasteiger partial charge in [-0.2, -0.15) is 0 Å². The Bertz CT molecular complexity index is 599. The molecule has 1 saturated carbocycles. The van der Waals surface area contributed by atoms with Gasteiger partial charge in [0.25, 0.3) is 0 Å². The molecule has 0 aliphatic heterocycles. The number of rotatable bonds is 4. The van der Waals surface area contributed by atoms with Crippen molar-refractivity contribution in [3.63, 3.8) is 0 Å². The minimum atomic E-state index is -0.0752. The molecule has 0 saturated heterocycles. The number of carbonyl (C=O) groups is 1. The molecule has 1 aliphatic carbocycles. The number of nitrogens with zero attached hydrogens (tertiary/aromatic N) is 1. The highest BCUT2D eigenvalue weighted by molar-refractivity contribution is 5.72. The zero-order chi connectivity index (χ0) is 15.4. The first-order valence-electron chi connectivity index (χ1n) is 7.60. The second-order valence-electron chi connectivity index (χ2n) is 5.63. The maximum atomic E-state index is 11.5. The summed E-state index contributed by atoms with van der Waals surface area (Å²) < 4.78 is 10.1. The van der Waals surface area contributed by atoms with Crippen molar-refractivity contribution in [3.8, 4) is 11.5 Å². The van der Waals surface area contributed by atoms with Crippen LogP contribution < -0.4 is 5.32 Å². The Hall–Kier alpha value is -2.30. The number of carbonyl (C=O) groups excluding carboxylic acids is 1. The molecular formula is C17H20N2O3. The van der Waals surface area contributed by atoms with Crippen molar-refractivity contribution < 1.29 is 13.9 Å². The fourth-order valence-corrected chi connectivity index (χ4v) is 2.95.